The Morgan fingerprint density at radius 3 is 1.06 bits per heavy atom. The Hall–Kier alpha value is -12.0. The zero-order valence-electron chi connectivity index (χ0n) is 55.4. The maximum absolute atomic E-state index is 7.31. The number of fused-ring (bicyclic) bond motifs is 4. The molecule has 0 unspecified atom stereocenters. The third kappa shape index (κ3) is 13.0. The van der Waals surface area contributed by atoms with E-state index in [0.29, 0.717) is 23.2 Å². The Kier molecular flexibility index (Phi) is 17.6. The van der Waals surface area contributed by atoms with E-state index in [-0.39, 0.29) is 11.2 Å². The molecule has 16 aromatic rings. The predicted octanol–water partition coefficient (Wildman–Crippen LogP) is 24.8. The molecule has 17 rings (SSSR count). The molecule has 0 bridgehead atoms. The topological polar surface area (TPSA) is 79.2 Å². The SMILES string of the molecule is Brc1cc(-c2ccccc2)c2nc(-c3ccc(-c4ccccc4)cc3)oc2c1.[C-]#[N+]c1ccc(-c2ccc(-c3cc(-c4ccccc4)c4nc(-c5ccc(-c6ccccc6)cc5)oc4c3)c3ccccc23)cc1.[C-]#[N+]c1ccc(-c2ccc(B3OC(C)(C)C(C)(C)O3)c3ccccc23)cc1. The van der Waals surface area contributed by atoms with Gasteiger partial charge in [-0.25, -0.2) is 19.7 Å². The van der Waals surface area contributed by atoms with Crippen molar-refractivity contribution < 1.29 is 18.1 Å². The third-order valence-corrected chi connectivity index (χ3v) is 19.4. The lowest BCUT2D eigenvalue weighted by Crippen LogP contribution is -2.41. The molecule has 1 aliphatic rings. The van der Waals surface area contributed by atoms with Crippen LogP contribution in [0.4, 0.5) is 11.4 Å². The summed E-state index contributed by atoms with van der Waals surface area (Å²) >= 11 is 3.59. The van der Waals surface area contributed by atoms with Crippen LogP contribution in [0.2, 0.25) is 0 Å². The number of rotatable bonds is 10. The normalized spacial score (nSPS) is 12.9. The fraction of sp³-hybridized carbons (Fsp3) is 0.0667. The standard InChI is InChI=1S/C42H26N2O.C25H16BrNO.C23H22BNO2/c1-43-34-22-20-31(21-23-34)35-24-25-36(38-15-9-8-14-37(35)38)33-26-39(30-12-6-3-7-13-30)41-40(27-33)45-42(44-41)32-18-16-29(17-19-32)28-10-4-2-5-11-28;26-21-15-22(19-9-5-2-6-10-19)24-23(16-21)28-25(27-24)20-13-11-18(12-14-20)17-7-3-1-4-8-17;1-22(2)23(3,4)27-24(26-22)21-15-14-18(19-8-6-7-9-20(19)21)16-10-12-17(25-5)13-11-16/h2-27H;1-16H;6-15H,1-4H3. The Morgan fingerprint density at radius 2 is 0.630 bits per heavy atom. The molecular weight excluding hydrogens is 1290 g/mol. The van der Waals surface area contributed by atoms with E-state index in [1.165, 1.54) is 16.7 Å². The molecule has 3 heterocycles. The van der Waals surface area contributed by atoms with Gasteiger partial charge in [0.05, 0.1) is 24.3 Å². The Balaban J connectivity index is 0.000000128. The number of hydrogen-bond donors (Lipinski definition) is 0. The van der Waals surface area contributed by atoms with Gasteiger partial charge in [-0.2, -0.15) is 0 Å². The molecule has 14 aromatic carbocycles. The van der Waals surface area contributed by atoms with Crippen molar-refractivity contribution in [2.24, 2.45) is 0 Å². The van der Waals surface area contributed by atoms with Gasteiger partial charge in [0.15, 0.2) is 22.5 Å². The second-order valence-corrected chi connectivity index (χ2v) is 26.6. The number of nitrogens with zero attached hydrogens (tertiary/aromatic N) is 4. The number of aromatic nitrogens is 2. The molecule has 100 heavy (non-hydrogen) atoms. The van der Waals surface area contributed by atoms with Crippen LogP contribution in [0, 0.1) is 13.1 Å². The largest absolute Gasteiger partial charge is 0.495 e. The van der Waals surface area contributed by atoms with E-state index in [9.17, 15) is 0 Å². The van der Waals surface area contributed by atoms with E-state index in [2.05, 4.69) is 254 Å². The number of hydrogen-bond acceptors (Lipinski definition) is 6. The van der Waals surface area contributed by atoms with Crippen molar-refractivity contribution in [3.63, 3.8) is 0 Å². The van der Waals surface area contributed by atoms with Crippen molar-refractivity contribution in [2.45, 2.75) is 38.9 Å². The van der Waals surface area contributed by atoms with E-state index in [4.69, 9.17) is 41.3 Å². The van der Waals surface area contributed by atoms with Gasteiger partial charge in [-0.3, -0.25) is 0 Å². The van der Waals surface area contributed by atoms with Gasteiger partial charge in [-0.15, -0.1) is 0 Å². The summed E-state index contributed by atoms with van der Waals surface area (Å²) in [6.07, 6.45) is 0. The molecule has 2 aromatic heterocycles. The first kappa shape index (κ1) is 64.0. The molecule has 0 aliphatic carbocycles. The molecule has 1 aliphatic heterocycles. The lowest BCUT2D eigenvalue weighted by molar-refractivity contribution is 0.00578. The lowest BCUT2D eigenvalue weighted by atomic mass is 9.75. The van der Waals surface area contributed by atoms with Crippen LogP contribution in [0.5, 0.6) is 0 Å². The minimum atomic E-state index is -0.390. The van der Waals surface area contributed by atoms with Crippen molar-refractivity contribution in [1.29, 1.82) is 0 Å². The molecule has 0 radical (unpaired) electrons. The Morgan fingerprint density at radius 1 is 0.310 bits per heavy atom. The lowest BCUT2D eigenvalue weighted by Gasteiger charge is -2.32. The van der Waals surface area contributed by atoms with Gasteiger partial charge in [-0.1, -0.05) is 283 Å². The molecule has 0 atom stereocenters. The fourth-order valence-electron chi connectivity index (χ4n) is 13.0. The van der Waals surface area contributed by atoms with Gasteiger partial charge in [0, 0.05) is 26.7 Å². The molecule has 10 heteroatoms. The Labute approximate surface area is 590 Å². The molecule has 1 fully saturated rings. The first-order valence-corrected chi connectivity index (χ1v) is 34.0. The Bertz CT molecular complexity index is 5720. The maximum atomic E-state index is 7.31. The summed E-state index contributed by atoms with van der Waals surface area (Å²) in [6.45, 7) is 22.7. The van der Waals surface area contributed by atoms with Crippen LogP contribution in [0.15, 0.2) is 329 Å². The molecule has 478 valence electrons. The van der Waals surface area contributed by atoms with Gasteiger partial charge in [0.2, 0.25) is 11.8 Å². The van der Waals surface area contributed by atoms with Crippen molar-refractivity contribution in [2.75, 3.05) is 0 Å². The zero-order valence-corrected chi connectivity index (χ0v) is 57.0. The minimum Gasteiger partial charge on any atom is -0.436 e. The quantitative estimate of drug-likeness (QED) is 0.100. The number of benzene rings is 14. The molecule has 0 N–H and O–H groups in total. The molecule has 1 saturated heterocycles. The van der Waals surface area contributed by atoms with Crippen molar-refractivity contribution in [3.05, 3.63) is 343 Å². The van der Waals surface area contributed by atoms with Crippen molar-refractivity contribution in [3.8, 4) is 101 Å². The van der Waals surface area contributed by atoms with Crippen LogP contribution in [0.3, 0.4) is 0 Å². The van der Waals surface area contributed by atoms with Crippen LogP contribution in [0.1, 0.15) is 27.7 Å². The molecule has 8 nitrogen and oxygen atoms in total. The molecule has 0 amide bonds. The van der Waals surface area contributed by atoms with Crippen LogP contribution < -0.4 is 5.46 Å². The highest BCUT2D eigenvalue weighted by Gasteiger charge is 2.52. The number of oxazole rings is 2. The highest BCUT2D eigenvalue weighted by atomic mass is 79.9. The van der Waals surface area contributed by atoms with E-state index in [1.54, 1.807) is 0 Å². The van der Waals surface area contributed by atoms with Gasteiger partial charge >= 0.3 is 7.12 Å². The average Bonchev–Trinajstić information content (AvgIpc) is 1.49. The summed E-state index contributed by atoms with van der Waals surface area (Å²) in [5.74, 6) is 1.23. The maximum Gasteiger partial charge on any atom is 0.495 e. The second kappa shape index (κ2) is 27.5. The zero-order chi connectivity index (χ0) is 68.3. The second-order valence-electron chi connectivity index (χ2n) is 25.7. The van der Waals surface area contributed by atoms with Crippen LogP contribution in [0.25, 0.3) is 154 Å². The third-order valence-electron chi connectivity index (χ3n) is 18.9. The summed E-state index contributed by atoms with van der Waals surface area (Å²) in [5.41, 5.74) is 22.4. The molecular formula is C90H64BBrN4O4. The predicted molar refractivity (Wildman–Crippen MR) is 414 cm³/mol. The van der Waals surface area contributed by atoms with E-state index in [0.717, 1.165) is 126 Å². The van der Waals surface area contributed by atoms with Crippen LogP contribution >= 0.6 is 15.9 Å². The van der Waals surface area contributed by atoms with Crippen LogP contribution in [-0.2, 0) is 9.31 Å². The highest BCUT2D eigenvalue weighted by molar-refractivity contribution is 9.10. The summed E-state index contributed by atoms with van der Waals surface area (Å²) in [5, 5.41) is 4.59. The molecule has 0 spiro atoms. The van der Waals surface area contributed by atoms with Gasteiger partial charge < -0.3 is 18.1 Å². The van der Waals surface area contributed by atoms with E-state index >= 15 is 0 Å². The monoisotopic (exact) mass is 1350 g/mol. The fourth-order valence-corrected chi connectivity index (χ4v) is 13.4. The first-order chi connectivity index (χ1) is 48.8. The average molecular weight is 1360 g/mol. The van der Waals surface area contributed by atoms with Gasteiger partial charge in [-0.05, 0) is 170 Å². The first-order valence-electron chi connectivity index (χ1n) is 33.2. The van der Waals surface area contributed by atoms with Gasteiger partial charge in [0.25, 0.3) is 0 Å². The highest BCUT2D eigenvalue weighted by Crippen LogP contribution is 2.43. The smallest absolute Gasteiger partial charge is 0.436 e. The summed E-state index contributed by atoms with van der Waals surface area (Å²) in [4.78, 5) is 16.9. The summed E-state index contributed by atoms with van der Waals surface area (Å²) < 4.78 is 26.1. The van der Waals surface area contributed by atoms with Crippen LogP contribution in [-0.4, -0.2) is 28.3 Å². The number of halogens is 1. The minimum absolute atomic E-state index is 0.368. The summed E-state index contributed by atoms with van der Waals surface area (Å²) in [7, 11) is -0.390. The van der Waals surface area contributed by atoms with E-state index < -0.39 is 7.12 Å². The molecule has 0 saturated carbocycles. The van der Waals surface area contributed by atoms with E-state index in [1.807, 2.05) is 115 Å². The van der Waals surface area contributed by atoms with Crippen molar-refractivity contribution >= 4 is 83.6 Å². The van der Waals surface area contributed by atoms with Gasteiger partial charge in [0.1, 0.15) is 11.0 Å². The van der Waals surface area contributed by atoms with Crippen molar-refractivity contribution in [1.82, 2.24) is 9.97 Å². The summed E-state index contributed by atoms with van der Waals surface area (Å²) in [6, 6.07) is 107.